The first kappa shape index (κ1) is 22.1. The highest BCUT2D eigenvalue weighted by Gasteiger charge is 2.23. The first-order chi connectivity index (χ1) is 12.7. The predicted molar refractivity (Wildman–Crippen MR) is 108 cm³/mol. The van der Waals surface area contributed by atoms with Gasteiger partial charge in [0.1, 0.15) is 4.90 Å². The topological polar surface area (TPSA) is 78.5 Å². The molecule has 0 aromatic heterocycles. The molecule has 0 saturated carbocycles. The van der Waals surface area contributed by atoms with Crippen LogP contribution in [0.2, 0.25) is 5.02 Å². The lowest BCUT2D eigenvalue weighted by Crippen LogP contribution is -2.47. The number of benzene rings is 1. The SMILES string of the molecule is CC1CC(C)CN(CC(C)NC(=O)CCNS(=O)(=O)c2ccccc2Cl)C1. The van der Waals surface area contributed by atoms with Crippen LogP contribution in [-0.4, -0.2) is 51.4 Å². The van der Waals surface area contributed by atoms with Crippen molar-refractivity contribution < 1.29 is 13.2 Å². The Balaban J connectivity index is 1.75. The van der Waals surface area contributed by atoms with E-state index in [4.69, 9.17) is 11.6 Å². The van der Waals surface area contributed by atoms with Gasteiger partial charge in [0.25, 0.3) is 0 Å². The van der Waals surface area contributed by atoms with Gasteiger partial charge in [-0.25, -0.2) is 13.1 Å². The molecule has 1 aromatic rings. The van der Waals surface area contributed by atoms with Crippen molar-refractivity contribution in [3.8, 4) is 0 Å². The summed E-state index contributed by atoms with van der Waals surface area (Å²) in [6.45, 7) is 9.46. The van der Waals surface area contributed by atoms with Crippen molar-refractivity contribution in [1.82, 2.24) is 14.9 Å². The van der Waals surface area contributed by atoms with Crippen LogP contribution in [0.15, 0.2) is 29.2 Å². The van der Waals surface area contributed by atoms with E-state index in [1.807, 2.05) is 6.92 Å². The highest BCUT2D eigenvalue weighted by atomic mass is 35.5. The van der Waals surface area contributed by atoms with Gasteiger partial charge in [0.15, 0.2) is 0 Å². The van der Waals surface area contributed by atoms with E-state index in [-0.39, 0.29) is 34.8 Å². The Morgan fingerprint density at radius 2 is 1.89 bits per heavy atom. The van der Waals surface area contributed by atoms with Crippen LogP contribution < -0.4 is 10.0 Å². The number of nitrogens with zero attached hydrogens (tertiary/aromatic N) is 1. The lowest BCUT2D eigenvalue weighted by atomic mass is 9.92. The predicted octanol–water partition coefficient (Wildman–Crippen LogP) is 2.49. The third-order valence-electron chi connectivity index (χ3n) is 4.65. The molecule has 0 bridgehead atoms. The Kier molecular flexibility index (Phi) is 8.09. The summed E-state index contributed by atoms with van der Waals surface area (Å²) in [4.78, 5) is 14.5. The maximum atomic E-state index is 12.2. The first-order valence-corrected chi connectivity index (χ1v) is 11.3. The normalized spacial score (nSPS) is 22.4. The van der Waals surface area contributed by atoms with Gasteiger partial charge in [0.05, 0.1) is 5.02 Å². The van der Waals surface area contributed by atoms with E-state index in [1.165, 1.54) is 18.6 Å². The number of likely N-dealkylation sites (tertiary alicyclic amines) is 1. The largest absolute Gasteiger partial charge is 0.352 e. The second-order valence-electron chi connectivity index (χ2n) is 7.71. The summed E-state index contributed by atoms with van der Waals surface area (Å²) < 4.78 is 26.9. The number of sulfonamides is 1. The average Bonchev–Trinajstić information content (AvgIpc) is 2.53. The van der Waals surface area contributed by atoms with Crippen LogP contribution >= 0.6 is 11.6 Å². The van der Waals surface area contributed by atoms with Crippen molar-refractivity contribution in [3.05, 3.63) is 29.3 Å². The second kappa shape index (κ2) is 9.87. The zero-order chi connectivity index (χ0) is 20.0. The van der Waals surface area contributed by atoms with Crippen LogP contribution in [0.3, 0.4) is 0 Å². The minimum Gasteiger partial charge on any atom is -0.352 e. The molecule has 2 rings (SSSR count). The third-order valence-corrected chi connectivity index (χ3v) is 6.62. The number of nitrogens with one attached hydrogen (secondary N) is 2. The van der Waals surface area contributed by atoms with Gasteiger partial charge >= 0.3 is 0 Å². The Labute approximate surface area is 167 Å². The van der Waals surface area contributed by atoms with Crippen molar-refractivity contribution in [2.24, 2.45) is 11.8 Å². The summed E-state index contributed by atoms with van der Waals surface area (Å²) in [5, 5.41) is 3.11. The van der Waals surface area contributed by atoms with E-state index in [2.05, 4.69) is 28.8 Å². The number of hydrogen-bond acceptors (Lipinski definition) is 4. The Morgan fingerprint density at radius 1 is 1.26 bits per heavy atom. The molecule has 3 unspecified atom stereocenters. The molecule has 27 heavy (non-hydrogen) atoms. The van der Waals surface area contributed by atoms with E-state index in [9.17, 15) is 13.2 Å². The molecule has 1 aliphatic rings. The fourth-order valence-corrected chi connectivity index (χ4v) is 5.31. The van der Waals surface area contributed by atoms with Crippen molar-refractivity contribution in [2.45, 2.75) is 44.6 Å². The molecule has 0 aliphatic carbocycles. The molecule has 152 valence electrons. The van der Waals surface area contributed by atoms with Crippen LogP contribution in [0, 0.1) is 11.8 Å². The number of rotatable bonds is 8. The van der Waals surface area contributed by atoms with Crippen LogP contribution in [0.1, 0.15) is 33.6 Å². The summed E-state index contributed by atoms with van der Waals surface area (Å²) in [5.41, 5.74) is 0. The molecule has 2 N–H and O–H groups in total. The zero-order valence-corrected chi connectivity index (χ0v) is 17.8. The number of hydrogen-bond donors (Lipinski definition) is 2. The minimum absolute atomic E-state index is 0.0220. The van der Waals surface area contributed by atoms with Gasteiger partial charge in [-0.15, -0.1) is 0 Å². The molecule has 3 atom stereocenters. The molecule has 1 aliphatic heterocycles. The lowest BCUT2D eigenvalue weighted by Gasteiger charge is -2.36. The van der Waals surface area contributed by atoms with Crippen molar-refractivity contribution >= 4 is 27.5 Å². The maximum absolute atomic E-state index is 12.2. The average molecular weight is 416 g/mol. The van der Waals surface area contributed by atoms with Gasteiger partial charge < -0.3 is 10.2 Å². The summed E-state index contributed by atoms with van der Waals surface area (Å²) in [6, 6.07) is 6.26. The molecule has 1 heterocycles. The van der Waals surface area contributed by atoms with E-state index >= 15 is 0 Å². The number of amides is 1. The van der Waals surface area contributed by atoms with Gasteiger partial charge in [-0.05, 0) is 37.3 Å². The first-order valence-electron chi connectivity index (χ1n) is 9.43. The molecule has 0 radical (unpaired) electrons. The Hall–Kier alpha value is -1.15. The molecule has 0 spiro atoms. The van der Waals surface area contributed by atoms with E-state index in [1.54, 1.807) is 12.1 Å². The van der Waals surface area contributed by atoms with Crippen molar-refractivity contribution in [1.29, 1.82) is 0 Å². The Morgan fingerprint density at radius 3 is 2.52 bits per heavy atom. The highest BCUT2D eigenvalue weighted by molar-refractivity contribution is 7.89. The van der Waals surface area contributed by atoms with Gasteiger partial charge in [0.2, 0.25) is 15.9 Å². The van der Waals surface area contributed by atoms with Crippen LogP contribution in [0.4, 0.5) is 0 Å². The standard InChI is InChI=1S/C19H30ClN3O3S/c1-14-10-15(2)12-23(11-14)13-16(3)22-19(24)8-9-21-27(25,26)18-7-5-4-6-17(18)20/h4-7,14-16,21H,8-13H2,1-3H3,(H,22,24). The quantitative estimate of drug-likeness (QED) is 0.683. The number of halogens is 1. The summed E-state index contributed by atoms with van der Waals surface area (Å²) in [7, 11) is -3.72. The maximum Gasteiger partial charge on any atom is 0.242 e. The fourth-order valence-electron chi connectivity index (χ4n) is 3.76. The minimum atomic E-state index is -3.72. The fraction of sp³-hybridized carbons (Fsp3) is 0.632. The van der Waals surface area contributed by atoms with Crippen molar-refractivity contribution in [2.75, 3.05) is 26.2 Å². The monoisotopic (exact) mass is 415 g/mol. The van der Waals surface area contributed by atoms with Crippen LogP contribution in [-0.2, 0) is 14.8 Å². The number of carbonyl (C=O) groups excluding carboxylic acids is 1. The third kappa shape index (κ3) is 7.07. The van der Waals surface area contributed by atoms with Gasteiger partial charge in [-0.2, -0.15) is 0 Å². The number of piperidine rings is 1. The second-order valence-corrected chi connectivity index (χ2v) is 9.85. The smallest absolute Gasteiger partial charge is 0.242 e. The summed E-state index contributed by atoms with van der Waals surface area (Å²) in [5.74, 6) is 1.19. The molecular weight excluding hydrogens is 386 g/mol. The lowest BCUT2D eigenvalue weighted by molar-refractivity contribution is -0.121. The van der Waals surface area contributed by atoms with Gasteiger partial charge in [0, 0.05) is 38.6 Å². The van der Waals surface area contributed by atoms with Crippen LogP contribution in [0.25, 0.3) is 0 Å². The summed E-state index contributed by atoms with van der Waals surface area (Å²) >= 11 is 5.93. The van der Waals surface area contributed by atoms with Gasteiger partial charge in [-0.1, -0.05) is 37.6 Å². The van der Waals surface area contributed by atoms with E-state index < -0.39 is 10.0 Å². The van der Waals surface area contributed by atoms with Crippen molar-refractivity contribution in [3.63, 3.8) is 0 Å². The summed E-state index contributed by atoms with van der Waals surface area (Å²) in [6.07, 6.45) is 1.34. The van der Waals surface area contributed by atoms with E-state index in [0.717, 1.165) is 19.6 Å². The molecule has 1 aromatic carbocycles. The molecule has 8 heteroatoms. The van der Waals surface area contributed by atoms with E-state index in [0.29, 0.717) is 11.8 Å². The zero-order valence-electron chi connectivity index (χ0n) is 16.2. The van der Waals surface area contributed by atoms with Crippen LogP contribution in [0.5, 0.6) is 0 Å². The number of carbonyl (C=O) groups is 1. The molecule has 1 saturated heterocycles. The molecular formula is C19H30ClN3O3S. The molecule has 1 fully saturated rings. The molecule has 1 amide bonds. The van der Waals surface area contributed by atoms with Gasteiger partial charge in [-0.3, -0.25) is 4.79 Å². The molecule has 6 nitrogen and oxygen atoms in total. The highest BCUT2D eigenvalue weighted by Crippen LogP contribution is 2.21. The Bertz CT molecular complexity index is 731.